The highest BCUT2D eigenvalue weighted by molar-refractivity contribution is 5.80. The van der Waals surface area contributed by atoms with Gasteiger partial charge in [-0.3, -0.25) is 14.4 Å². The summed E-state index contributed by atoms with van der Waals surface area (Å²) in [6, 6.07) is 27.7. The van der Waals surface area contributed by atoms with Gasteiger partial charge < -0.3 is 14.6 Å². The van der Waals surface area contributed by atoms with Crippen molar-refractivity contribution >= 4 is 11.9 Å². The first-order chi connectivity index (χ1) is 19.7. The molecule has 0 aliphatic carbocycles. The Morgan fingerprint density at radius 1 is 0.878 bits per heavy atom. The molecule has 7 heteroatoms. The molecular formula is C34H41NO6. The van der Waals surface area contributed by atoms with Gasteiger partial charge in [-0.25, -0.2) is 0 Å². The maximum Gasteiger partial charge on any atom is 0.326 e. The topological polar surface area (TPSA) is 85.3 Å². The van der Waals surface area contributed by atoms with E-state index in [1.807, 2.05) is 119 Å². The Morgan fingerprint density at radius 3 is 1.93 bits per heavy atom. The second-order valence-electron chi connectivity index (χ2n) is 11.8. The number of aliphatic hydroxyl groups excluding tert-OH is 1. The average Bonchev–Trinajstić information content (AvgIpc) is 3.39. The summed E-state index contributed by atoms with van der Waals surface area (Å²) in [5, 5.41) is 11.3. The lowest BCUT2D eigenvalue weighted by Gasteiger charge is -2.32. The molecule has 0 unspecified atom stereocenters. The van der Waals surface area contributed by atoms with E-state index in [1.54, 1.807) is 5.06 Å². The van der Waals surface area contributed by atoms with E-state index in [9.17, 15) is 14.7 Å². The van der Waals surface area contributed by atoms with Crippen molar-refractivity contribution in [3.8, 4) is 0 Å². The lowest BCUT2D eigenvalue weighted by atomic mass is 9.91. The van der Waals surface area contributed by atoms with Crippen LogP contribution >= 0.6 is 0 Å². The Kier molecular flexibility index (Phi) is 10.3. The number of nitrogens with zero attached hydrogens (tertiary/aromatic N) is 1. The first-order valence-corrected chi connectivity index (χ1v) is 14.2. The molecule has 3 atom stereocenters. The highest BCUT2D eigenvalue weighted by Gasteiger charge is 2.51. The Hall–Kier alpha value is -3.52. The summed E-state index contributed by atoms with van der Waals surface area (Å²) in [5.41, 5.74) is 2.08. The van der Waals surface area contributed by atoms with Crippen molar-refractivity contribution in [1.29, 1.82) is 0 Å². The van der Waals surface area contributed by atoms with Crippen molar-refractivity contribution in [2.24, 2.45) is 17.3 Å². The second kappa shape index (κ2) is 13.9. The Morgan fingerprint density at radius 2 is 1.41 bits per heavy atom. The largest absolute Gasteiger partial charge is 0.465 e. The first-order valence-electron chi connectivity index (χ1n) is 14.2. The van der Waals surface area contributed by atoms with E-state index in [2.05, 4.69) is 0 Å². The number of hydrogen-bond donors (Lipinski definition) is 1. The van der Waals surface area contributed by atoms with Gasteiger partial charge in [0.25, 0.3) is 0 Å². The summed E-state index contributed by atoms with van der Waals surface area (Å²) in [6.07, 6.45) is -0.416. The maximum atomic E-state index is 14.0. The van der Waals surface area contributed by atoms with Crippen LogP contribution in [0.3, 0.4) is 0 Å². The number of aliphatic hydroxyl groups is 1. The van der Waals surface area contributed by atoms with Crippen molar-refractivity contribution in [2.75, 3.05) is 13.2 Å². The molecule has 0 spiro atoms. The molecule has 3 aromatic carbocycles. The van der Waals surface area contributed by atoms with E-state index in [-0.39, 0.29) is 32.2 Å². The van der Waals surface area contributed by atoms with E-state index in [4.69, 9.17) is 14.3 Å². The third kappa shape index (κ3) is 7.82. The summed E-state index contributed by atoms with van der Waals surface area (Å²) < 4.78 is 11.9. The molecule has 0 bridgehead atoms. The monoisotopic (exact) mass is 559 g/mol. The lowest BCUT2D eigenvalue weighted by Crippen LogP contribution is -2.45. The van der Waals surface area contributed by atoms with Gasteiger partial charge in [-0.05, 0) is 29.0 Å². The van der Waals surface area contributed by atoms with Crippen molar-refractivity contribution in [2.45, 2.75) is 58.9 Å². The lowest BCUT2D eigenvalue weighted by molar-refractivity contribution is -0.222. The minimum absolute atomic E-state index is 0.0222. The summed E-state index contributed by atoms with van der Waals surface area (Å²) >= 11 is 0. The number of ether oxygens (including phenoxy) is 2. The van der Waals surface area contributed by atoms with Gasteiger partial charge in [-0.2, -0.15) is 5.06 Å². The number of carbonyl (C=O) groups excluding carboxylic acids is 2. The van der Waals surface area contributed by atoms with Crippen LogP contribution < -0.4 is 0 Å². The second-order valence-corrected chi connectivity index (χ2v) is 11.8. The molecule has 0 aromatic heterocycles. The standard InChI is InChI=1S/C34H41NO6/c1-24(2)30-28(32(37)39-23-34(3,4)22-36)20-29(35(30)40-21-25-14-8-5-9-15-25)33(38)41-31(26-16-10-6-11-17-26)27-18-12-7-13-19-27/h5-19,24,28-31,36H,20-23H2,1-4H3/t28-,29-,30-/m1/s1. The molecule has 7 nitrogen and oxygen atoms in total. The van der Waals surface area contributed by atoms with Crippen LogP contribution in [0, 0.1) is 17.3 Å². The fourth-order valence-corrected chi connectivity index (χ4v) is 5.16. The van der Waals surface area contributed by atoms with Crippen molar-refractivity contribution in [3.63, 3.8) is 0 Å². The molecule has 41 heavy (non-hydrogen) atoms. The van der Waals surface area contributed by atoms with Crippen LogP contribution in [0.2, 0.25) is 0 Å². The van der Waals surface area contributed by atoms with Gasteiger partial charge in [0.05, 0.1) is 31.8 Å². The Balaban J connectivity index is 1.62. The number of hydrogen-bond acceptors (Lipinski definition) is 7. The van der Waals surface area contributed by atoms with Crippen LogP contribution in [0.4, 0.5) is 0 Å². The SMILES string of the molecule is CC(C)[C@@H]1[C@H](C(=O)OCC(C)(C)CO)C[C@H](C(=O)OC(c2ccccc2)c2ccccc2)N1OCc1ccccc1. The number of hydroxylamine groups is 2. The van der Waals surface area contributed by atoms with Crippen LogP contribution in [-0.4, -0.2) is 47.4 Å². The minimum Gasteiger partial charge on any atom is -0.465 e. The van der Waals surface area contributed by atoms with Crippen LogP contribution in [0.1, 0.15) is 56.9 Å². The van der Waals surface area contributed by atoms with Gasteiger partial charge in [-0.15, -0.1) is 0 Å². The number of esters is 2. The molecule has 0 saturated carbocycles. The zero-order chi connectivity index (χ0) is 29.4. The maximum absolute atomic E-state index is 14.0. The van der Waals surface area contributed by atoms with E-state index in [0.717, 1.165) is 16.7 Å². The van der Waals surface area contributed by atoms with Crippen LogP contribution in [0.15, 0.2) is 91.0 Å². The molecular weight excluding hydrogens is 518 g/mol. The molecule has 4 rings (SSSR count). The van der Waals surface area contributed by atoms with E-state index in [0.29, 0.717) is 0 Å². The number of rotatable bonds is 12. The molecule has 218 valence electrons. The highest BCUT2D eigenvalue weighted by atomic mass is 16.7. The molecule has 1 aliphatic rings. The molecule has 3 aromatic rings. The van der Waals surface area contributed by atoms with E-state index < -0.39 is 41.5 Å². The fraction of sp³-hybridized carbons (Fsp3) is 0.412. The highest BCUT2D eigenvalue weighted by Crippen LogP contribution is 2.38. The Bertz CT molecular complexity index is 1210. The zero-order valence-corrected chi connectivity index (χ0v) is 24.3. The van der Waals surface area contributed by atoms with Gasteiger partial charge in [0, 0.05) is 5.41 Å². The quantitative estimate of drug-likeness (QED) is 0.284. The summed E-state index contributed by atoms with van der Waals surface area (Å²) in [6.45, 7) is 7.88. The molecule has 0 amide bonds. The fourth-order valence-electron chi connectivity index (χ4n) is 5.16. The average molecular weight is 560 g/mol. The van der Waals surface area contributed by atoms with Gasteiger partial charge in [0.15, 0.2) is 6.10 Å². The predicted molar refractivity (Wildman–Crippen MR) is 156 cm³/mol. The Labute approximate surface area is 243 Å². The normalized spacial score (nSPS) is 19.4. The first kappa shape index (κ1) is 30.4. The van der Waals surface area contributed by atoms with Gasteiger partial charge in [0.2, 0.25) is 0 Å². The van der Waals surface area contributed by atoms with Crippen molar-refractivity contribution in [1.82, 2.24) is 5.06 Å². The third-order valence-electron chi connectivity index (χ3n) is 7.44. The number of carbonyl (C=O) groups is 2. The molecule has 1 saturated heterocycles. The molecule has 1 fully saturated rings. The molecule has 0 radical (unpaired) electrons. The predicted octanol–water partition coefficient (Wildman–Crippen LogP) is 5.73. The van der Waals surface area contributed by atoms with Crippen molar-refractivity contribution in [3.05, 3.63) is 108 Å². The molecule has 1 heterocycles. The summed E-state index contributed by atoms with van der Waals surface area (Å²) in [7, 11) is 0. The van der Waals surface area contributed by atoms with Gasteiger partial charge in [0.1, 0.15) is 6.04 Å². The van der Waals surface area contributed by atoms with Crippen LogP contribution in [-0.2, 0) is 30.5 Å². The van der Waals surface area contributed by atoms with Gasteiger partial charge in [-0.1, -0.05) is 119 Å². The summed E-state index contributed by atoms with van der Waals surface area (Å²) in [4.78, 5) is 33.8. The van der Waals surface area contributed by atoms with E-state index >= 15 is 0 Å². The van der Waals surface area contributed by atoms with Gasteiger partial charge >= 0.3 is 11.9 Å². The minimum atomic E-state index is -0.815. The zero-order valence-electron chi connectivity index (χ0n) is 24.3. The number of benzene rings is 3. The molecule has 1 N–H and O–H groups in total. The smallest absolute Gasteiger partial charge is 0.326 e. The summed E-state index contributed by atoms with van der Waals surface area (Å²) in [5.74, 6) is -1.50. The molecule has 1 aliphatic heterocycles. The van der Waals surface area contributed by atoms with E-state index in [1.165, 1.54) is 0 Å². The third-order valence-corrected chi connectivity index (χ3v) is 7.44. The van der Waals surface area contributed by atoms with Crippen LogP contribution in [0.5, 0.6) is 0 Å². The van der Waals surface area contributed by atoms with Crippen molar-refractivity contribution < 1.29 is 29.0 Å². The van der Waals surface area contributed by atoms with Crippen LogP contribution in [0.25, 0.3) is 0 Å².